The van der Waals surface area contributed by atoms with Crippen molar-refractivity contribution in [2.45, 2.75) is 40.5 Å². The number of aliphatic hydroxyl groups is 2. The lowest BCUT2D eigenvalue weighted by atomic mass is 10.0. The molecule has 67 heavy (non-hydrogen) atoms. The average Bonchev–Trinajstić information content (AvgIpc) is 3.97. The molecule has 2 fully saturated rings. The maximum absolute atomic E-state index is 12.8. The Bertz CT molecular complexity index is 2520. The SMILES string of the molecule is Cc1nc(Cl)cc(Nc2ncc(C(=O)Cc3c(C)cccc3Cl)s2)n1.Cc1nc(Nc2ncc(C(=O)Cc3c(C)cccc3Cl)s2)cc(N2CCN(CCO)CC2)n1.OCCN1CCNCC1. The molecule has 4 aromatic heterocycles. The number of thiazole rings is 2. The van der Waals surface area contributed by atoms with E-state index >= 15 is 0 Å². The zero-order chi connectivity index (χ0) is 47.9. The van der Waals surface area contributed by atoms with E-state index < -0.39 is 0 Å². The minimum absolute atomic E-state index is 0.0166. The number of halogens is 3. The summed E-state index contributed by atoms with van der Waals surface area (Å²) in [6.07, 6.45) is 3.63. The molecular formula is C46H55Cl3N12O4S2. The van der Waals surface area contributed by atoms with Crippen LogP contribution in [0.25, 0.3) is 0 Å². The molecule has 0 bridgehead atoms. The second kappa shape index (κ2) is 25.6. The number of benzene rings is 2. The van der Waals surface area contributed by atoms with Gasteiger partial charge in [-0.05, 0) is 62.1 Å². The Labute approximate surface area is 413 Å². The minimum Gasteiger partial charge on any atom is -0.395 e. The second-order valence-corrected chi connectivity index (χ2v) is 19.0. The Kier molecular flexibility index (Phi) is 19.7. The number of aliphatic hydroxyl groups excluding tert-OH is 2. The van der Waals surface area contributed by atoms with Crippen molar-refractivity contribution in [3.05, 3.63) is 120 Å². The number of β-amino-alcohol motifs (C(OH)–C–C–N with tert-alkyl or cyclic N) is 2. The molecule has 0 amide bonds. The normalized spacial score (nSPS) is 14.1. The van der Waals surface area contributed by atoms with Gasteiger partial charge in [0.05, 0.1) is 35.4 Å². The first-order chi connectivity index (χ1) is 32.3. The molecule has 6 aromatic rings. The van der Waals surface area contributed by atoms with E-state index in [1.54, 1.807) is 37.5 Å². The van der Waals surface area contributed by atoms with Crippen LogP contribution in [0.2, 0.25) is 15.2 Å². The van der Waals surface area contributed by atoms with Crippen LogP contribution in [0.15, 0.2) is 60.9 Å². The predicted octanol–water partition coefficient (Wildman–Crippen LogP) is 7.40. The van der Waals surface area contributed by atoms with Crippen LogP contribution in [-0.4, -0.2) is 140 Å². The summed E-state index contributed by atoms with van der Waals surface area (Å²) in [5.74, 6) is 3.21. The smallest absolute Gasteiger partial charge is 0.188 e. The Morgan fingerprint density at radius 1 is 0.657 bits per heavy atom. The van der Waals surface area contributed by atoms with Crippen LogP contribution in [0, 0.1) is 27.7 Å². The lowest BCUT2D eigenvalue weighted by molar-refractivity contribution is 0.0988. The Hall–Kier alpha value is -4.73. The van der Waals surface area contributed by atoms with E-state index in [-0.39, 0.29) is 31.0 Å². The van der Waals surface area contributed by atoms with Gasteiger partial charge in [-0.3, -0.25) is 19.4 Å². The molecule has 0 spiro atoms. The molecule has 0 unspecified atom stereocenters. The number of carbonyl (C=O) groups excluding carboxylic acids is 2. The van der Waals surface area contributed by atoms with Gasteiger partial charge in [0.25, 0.3) is 0 Å². The van der Waals surface area contributed by atoms with Gasteiger partial charge in [-0.25, -0.2) is 29.9 Å². The van der Waals surface area contributed by atoms with Crippen LogP contribution in [0.5, 0.6) is 0 Å². The summed E-state index contributed by atoms with van der Waals surface area (Å²) in [7, 11) is 0. The van der Waals surface area contributed by atoms with Gasteiger partial charge in [0, 0.05) is 100 Å². The number of nitrogens with one attached hydrogen (secondary N) is 3. The summed E-state index contributed by atoms with van der Waals surface area (Å²) >= 11 is 21.0. The first kappa shape index (κ1) is 51.7. The average molecular weight is 1010 g/mol. The lowest BCUT2D eigenvalue weighted by Gasteiger charge is -2.35. The van der Waals surface area contributed by atoms with Crippen molar-refractivity contribution in [1.82, 2.24) is 45.0 Å². The van der Waals surface area contributed by atoms with Crippen molar-refractivity contribution in [3.63, 3.8) is 0 Å². The van der Waals surface area contributed by atoms with Gasteiger partial charge in [-0.15, -0.1) is 0 Å². The fraction of sp³-hybridized carbons (Fsp3) is 0.391. The van der Waals surface area contributed by atoms with E-state index in [9.17, 15) is 9.59 Å². The first-order valence-corrected chi connectivity index (χ1v) is 24.5. The molecule has 356 valence electrons. The molecule has 2 aliphatic heterocycles. The number of piperazine rings is 2. The van der Waals surface area contributed by atoms with Gasteiger partial charge in [-0.2, -0.15) is 0 Å². The van der Waals surface area contributed by atoms with E-state index in [2.05, 4.69) is 60.6 Å². The molecule has 2 saturated heterocycles. The van der Waals surface area contributed by atoms with E-state index in [1.165, 1.54) is 22.7 Å². The second-order valence-electron chi connectivity index (χ2n) is 15.7. The van der Waals surface area contributed by atoms with E-state index in [0.717, 1.165) is 87.0 Å². The Morgan fingerprint density at radius 3 is 1.61 bits per heavy atom. The molecule has 2 aliphatic rings. The number of rotatable bonds is 15. The molecule has 0 atom stereocenters. The molecule has 0 radical (unpaired) electrons. The highest BCUT2D eigenvalue weighted by atomic mass is 35.5. The van der Waals surface area contributed by atoms with Crippen molar-refractivity contribution in [3.8, 4) is 0 Å². The number of hydrogen-bond acceptors (Lipinski definition) is 18. The summed E-state index contributed by atoms with van der Waals surface area (Å²) in [4.78, 5) is 59.1. The maximum Gasteiger partial charge on any atom is 0.188 e. The first-order valence-electron chi connectivity index (χ1n) is 21.8. The molecular weight excluding hydrogens is 955 g/mol. The summed E-state index contributed by atoms with van der Waals surface area (Å²) < 4.78 is 0. The van der Waals surface area contributed by atoms with Crippen LogP contribution < -0.4 is 20.9 Å². The largest absolute Gasteiger partial charge is 0.395 e. The molecule has 5 N–H and O–H groups in total. The third-order valence-electron chi connectivity index (χ3n) is 10.8. The minimum atomic E-state index is -0.0290. The van der Waals surface area contributed by atoms with Gasteiger partial charge in [-0.1, -0.05) is 81.7 Å². The summed E-state index contributed by atoms with van der Waals surface area (Å²) in [5, 5.41) is 29.9. The van der Waals surface area contributed by atoms with E-state index in [0.29, 0.717) is 71.7 Å². The molecule has 21 heteroatoms. The monoisotopic (exact) mass is 1010 g/mol. The van der Waals surface area contributed by atoms with Crippen LogP contribution in [-0.2, 0) is 12.8 Å². The molecule has 0 saturated carbocycles. The van der Waals surface area contributed by atoms with Gasteiger partial charge in [0.15, 0.2) is 21.8 Å². The van der Waals surface area contributed by atoms with Crippen molar-refractivity contribution >= 4 is 96.8 Å². The van der Waals surface area contributed by atoms with E-state index in [1.807, 2.05) is 51.1 Å². The molecule has 8 rings (SSSR count). The zero-order valence-electron chi connectivity index (χ0n) is 37.9. The van der Waals surface area contributed by atoms with Crippen molar-refractivity contribution in [2.24, 2.45) is 0 Å². The molecule has 16 nitrogen and oxygen atoms in total. The number of hydrogen-bond donors (Lipinski definition) is 5. The fourth-order valence-electron chi connectivity index (χ4n) is 7.21. The highest BCUT2D eigenvalue weighted by Gasteiger charge is 2.20. The number of Topliss-reactive ketones (excluding diaryl/α,β-unsaturated/α-hetero) is 2. The fourth-order valence-corrected chi connectivity index (χ4v) is 9.53. The summed E-state index contributed by atoms with van der Waals surface area (Å²) in [6, 6.07) is 14.7. The topological polar surface area (TPSA) is 198 Å². The van der Waals surface area contributed by atoms with Crippen LogP contribution in [0.4, 0.5) is 27.7 Å². The lowest BCUT2D eigenvalue weighted by Crippen LogP contribution is -2.47. The molecule has 2 aromatic carbocycles. The van der Waals surface area contributed by atoms with Crippen LogP contribution in [0.3, 0.4) is 0 Å². The van der Waals surface area contributed by atoms with Gasteiger partial charge < -0.3 is 31.1 Å². The third kappa shape index (κ3) is 15.7. The predicted molar refractivity (Wildman–Crippen MR) is 270 cm³/mol. The number of aromatic nitrogens is 6. The summed E-state index contributed by atoms with van der Waals surface area (Å²) in [5.41, 5.74) is 3.69. The quantitative estimate of drug-likeness (QED) is 0.0504. The third-order valence-corrected chi connectivity index (χ3v) is 13.6. The Balaban J connectivity index is 0.000000191. The highest BCUT2D eigenvalue weighted by molar-refractivity contribution is 7.17. The van der Waals surface area contributed by atoms with Gasteiger partial charge >= 0.3 is 0 Å². The number of nitrogens with zero attached hydrogens (tertiary/aromatic N) is 9. The number of aryl methyl sites for hydroxylation is 4. The maximum atomic E-state index is 12.8. The standard InChI is InChI=1S/C23H27ClN6O2S.C17H14Cl2N4OS.C6H14N2O/c1-15-4-3-5-18(24)17(15)12-19(32)20-14-25-23(33-20)28-21-13-22(27-16(2)26-21)30-8-6-29(7-9-30)10-11-31;1-9-4-3-5-12(18)11(9)6-13(24)14-8-20-17(25-14)23-16-7-15(19)21-10(2)22-16;9-6-5-8-3-1-7-2-4-8/h3-5,13-14,31H,6-12H2,1-2H3,(H,25,26,27,28);3-5,7-8H,6H2,1-2H3,(H,20,21,22,23);7,9H,1-6H2. The van der Waals surface area contributed by atoms with Crippen LogP contribution >= 0.6 is 57.5 Å². The van der Waals surface area contributed by atoms with Crippen molar-refractivity contribution in [1.29, 1.82) is 0 Å². The summed E-state index contributed by atoms with van der Waals surface area (Å²) in [6.45, 7) is 17.3. The van der Waals surface area contributed by atoms with Gasteiger partial charge in [0.1, 0.15) is 34.3 Å². The highest BCUT2D eigenvalue weighted by Crippen LogP contribution is 2.29. The number of ketones is 2. The van der Waals surface area contributed by atoms with Crippen molar-refractivity contribution < 1.29 is 19.8 Å². The molecule has 0 aliphatic carbocycles. The van der Waals surface area contributed by atoms with Crippen molar-refractivity contribution in [2.75, 3.05) is 94.2 Å². The zero-order valence-corrected chi connectivity index (χ0v) is 41.8. The van der Waals surface area contributed by atoms with E-state index in [4.69, 9.17) is 45.0 Å². The molecule has 6 heterocycles. The number of carbonyl (C=O) groups is 2. The Morgan fingerprint density at radius 2 is 1.13 bits per heavy atom. The number of anilines is 5. The van der Waals surface area contributed by atoms with Crippen LogP contribution in [0.1, 0.15) is 53.2 Å². The van der Waals surface area contributed by atoms with Gasteiger partial charge in [0.2, 0.25) is 0 Å².